The van der Waals surface area contributed by atoms with Gasteiger partial charge in [-0.2, -0.15) is 15.0 Å². The van der Waals surface area contributed by atoms with Gasteiger partial charge in [0.2, 0.25) is 0 Å². The zero-order valence-electron chi connectivity index (χ0n) is 15.2. The molecule has 0 radical (unpaired) electrons. The van der Waals surface area contributed by atoms with Gasteiger partial charge in [0.15, 0.2) is 17.0 Å². The van der Waals surface area contributed by atoms with Crippen molar-refractivity contribution < 1.29 is 14.2 Å². The number of ether oxygens (including phenoxy) is 3. The molecule has 3 rings (SSSR count). The fourth-order valence-electron chi connectivity index (χ4n) is 3.16. The highest BCUT2D eigenvalue weighted by molar-refractivity contribution is 5.83. The smallest absolute Gasteiger partial charge is 0.320 e. The van der Waals surface area contributed by atoms with Gasteiger partial charge in [0.25, 0.3) is 6.01 Å². The summed E-state index contributed by atoms with van der Waals surface area (Å²) >= 11 is 0. The first kappa shape index (κ1) is 17.7. The maximum atomic E-state index is 6.08. The van der Waals surface area contributed by atoms with Crippen molar-refractivity contribution in [2.75, 3.05) is 26.1 Å². The number of anilines is 1. The average molecular weight is 349 g/mol. The van der Waals surface area contributed by atoms with E-state index in [2.05, 4.69) is 21.9 Å². The van der Waals surface area contributed by atoms with E-state index in [4.69, 9.17) is 19.9 Å². The Morgan fingerprint density at radius 3 is 2.88 bits per heavy atom. The number of fused-ring (bicyclic) bond motifs is 1. The van der Waals surface area contributed by atoms with Crippen LogP contribution < -0.4 is 15.2 Å². The third-order valence-electron chi connectivity index (χ3n) is 4.54. The number of hydrogen-bond acceptors (Lipinski definition) is 7. The Labute approximate surface area is 147 Å². The second kappa shape index (κ2) is 7.86. The summed E-state index contributed by atoms with van der Waals surface area (Å²) in [6.07, 6.45) is 4.08. The van der Waals surface area contributed by atoms with Crippen molar-refractivity contribution in [3.8, 4) is 12.0 Å². The molecular weight excluding hydrogens is 322 g/mol. The van der Waals surface area contributed by atoms with Crippen LogP contribution in [-0.2, 0) is 11.3 Å². The molecule has 0 bridgehead atoms. The van der Waals surface area contributed by atoms with Gasteiger partial charge in [-0.05, 0) is 32.1 Å². The molecule has 8 nitrogen and oxygen atoms in total. The molecule has 0 aliphatic carbocycles. The largest absolute Gasteiger partial charge is 0.468 e. The van der Waals surface area contributed by atoms with Crippen LogP contribution in [0, 0.1) is 5.92 Å². The summed E-state index contributed by atoms with van der Waals surface area (Å²) < 4.78 is 18.6. The van der Waals surface area contributed by atoms with E-state index in [1.54, 1.807) is 7.11 Å². The van der Waals surface area contributed by atoms with Gasteiger partial charge < -0.3 is 19.9 Å². The van der Waals surface area contributed by atoms with Crippen molar-refractivity contribution >= 4 is 17.0 Å². The standard InChI is InChI=1S/C17H27N5O3/c1-4-5-11(2)25-16-20-14(18)13-15(21-16)22(17(19-13)23-3)8-6-12-7-9-24-10-12/h11-12H,4-10H2,1-3H3,(H2,18,20,21)/t11-,12+/m1/s1. The summed E-state index contributed by atoms with van der Waals surface area (Å²) in [6, 6.07) is 0.785. The predicted molar refractivity (Wildman–Crippen MR) is 94.8 cm³/mol. The van der Waals surface area contributed by atoms with E-state index >= 15 is 0 Å². The van der Waals surface area contributed by atoms with Crippen LogP contribution in [0.15, 0.2) is 0 Å². The van der Waals surface area contributed by atoms with E-state index in [0.717, 1.165) is 45.4 Å². The Morgan fingerprint density at radius 1 is 1.36 bits per heavy atom. The van der Waals surface area contributed by atoms with Crippen LogP contribution in [-0.4, -0.2) is 45.9 Å². The molecule has 3 heterocycles. The van der Waals surface area contributed by atoms with Crippen molar-refractivity contribution in [2.45, 2.75) is 52.2 Å². The molecule has 8 heteroatoms. The number of aromatic nitrogens is 4. The van der Waals surface area contributed by atoms with Crippen molar-refractivity contribution in [1.29, 1.82) is 0 Å². The fourth-order valence-corrected chi connectivity index (χ4v) is 3.16. The molecule has 1 fully saturated rings. The quantitative estimate of drug-likeness (QED) is 0.781. The maximum Gasteiger partial charge on any atom is 0.320 e. The SMILES string of the molecule is CCC[C@@H](C)Oc1nc(N)c2nc(OC)n(CC[C@H]3CCOC3)c2n1. The first-order chi connectivity index (χ1) is 12.1. The Kier molecular flexibility index (Phi) is 5.57. The van der Waals surface area contributed by atoms with E-state index in [1.165, 1.54) is 0 Å². The predicted octanol–water partition coefficient (Wildman–Crippen LogP) is 2.41. The molecule has 0 saturated carbocycles. The van der Waals surface area contributed by atoms with Gasteiger partial charge in [0.05, 0.1) is 13.2 Å². The summed E-state index contributed by atoms with van der Waals surface area (Å²) in [4.78, 5) is 13.2. The van der Waals surface area contributed by atoms with E-state index in [0.29, 0.717) is 34.9 Å². The summed E-state index contributed by atoms with van der Waals surface area (Å²) in [6.45, 7) is 6.52. The topological polar surface area (TPSA) is 97.3 Å². The van der Waals surface area contributed by atoms with Crippen LogP contribution >= 0.6 is 0 Å². The maximum absolute atomic E-state index is 6.08. The zero-order valence-corrected chi connectivity index (χ0v) is 15.2. The first-order valence-electron chi connectivity index (χ1n) is 8.94. The third kappa shape index (κ3) is 3.95. The van der Waals surface area contributed by atoms with Crippen molar-refractivity contribution in [1.82, 2.24) is 19.5 Å². The van der Waals surface area contributed by atoms with Gasteiger partial charge in [-0.25, -0.2) is 0 Å². The van der Waals surface area contributed by atoms with E-state index in [9.17, 15) is 0 Å². The molecule has 2 aromatic heterocycles. The number of rotatable bonds is 8. The molecule has 2 atom stereocenters. The van der Waals surface area contributed by atoms with Crippen LogP contribution in [0.2, 0.25) is 0 Å². The molecule has 2 aromatic rings. The van der Waals surface area contributed by atoms with Gasteiger partial charge in [-0.1, -0.05) is 13.3 Å². The third-order valence-corrected chi connectivity index (χ3v) is 4.54. The summed E-state index contributed by atoms with van der Waals surface area (Å²) in [7, 11) is 1.60. The molecule has 0 aromatic carbocycles. The van der Waals surface area contributed by atoms with Crippen LogP contribution in [0.25, 0.3) is 11.2 Å². The number of nitrogens with zero attached hydrogens (tertiary/aromatic N) is 4. The highest BCUT2D eigenvalue weighted by Gasteiger charge is 2.21. The van der Waals surface area contributed by atoms with Crippen molar-refractivity contribution in [2.24, 2.45) is 5.92 Å². The number of nitrogen functional groups attached to an aromatic ring is 1. The van der Waals surface area contributed by atoms with Crippen LogP contribution in [0.3, 0.4) is 0 Å². The van der Waals surface area contributed by atoms with Crippen LogP contribution in [0.1, 0.15) is 39.5 Å². The number of imidazole rings is 1. The average Bonchev–Trinajstić information content (AvgIpc) is 3.20. The second-order valence-electron chi connectivity index (χ2n) is 6.55. The first-order valence-corrected chi connectivity index (χ1v) is 8.94. The molecule has 0 unspecified atom stereocenters. The van der Waals surface area contributed by atoms with E-state index in [-0.39, 0.29) is 6.10 Å². The second-order valence-corrected chi connectivity index (χ2v) is 6.55. The molecule has 1 aliphatic heterocycles. The molecule has 1 saturated heterocycles. The number of aryl methyl sites for hydroxylation is 1. The highest BCUT2D eigenvalue weighted by atomic mass is 16.5. The lowest BCUT2D eigenvalue weighted by Gasteiger charge is -2.13. The van der Waals surface area contributed by atoms with Crippen molar-refractivity contribution in [3.63, 3.8) is 0 Å². The van der Waals surface area contributed by atoms with Crippen LogP contribution in [0.4, 0.5) is 5.82 Å². The summed E-state index contributed by atoms with van der Waals surface area (Å²) in [5.41, 5.74) is 7.28. The highest BCUT2D eigenvalue weighted by Crippen LogP contribution is 2.27. The normalized spacial score (nSPS) is 18.6. The number of nitrogens with two attached hydrogens (primary N) is 1. The summed E-state index contributed by atoms with van der Waals surface area (Å²) in [5.74, 6) is 0.867. The van der Waals surface area contributed by atoms with Gasteiger partial charge in [-0.3, -0.25) is 4.57 Å². The zero-order chi connectivity index (χ0) is 17.8. The Hall–Kier alpha value is -2.09. The Morgan fingerprint density at radius 2 is 2.20 bits per heavy atom. The number of hydrogen-bond donors (Lipinski definition) is 1. The molecule has 2 N–H and O–H groups in total. The Bertz CT molecular complexity index is 712. The molecule has 0 amide bonds. The Balaban J connectivity index is 1.88. The molecule has 138 valence electrons. The fraction of sp³-hybridized carbons (Fsp3) is 0.706. The lowest BCUT2D eigenvalue weighted by molar-refractivity contribution is 0.183. The molecular formula is C17H27N5O3. The minimum Gasteiger partial charge on any atom is -0.468 e. The van der Waals surface area contributed by atoms with Gasteiger partial charge in [0.1, 0.15) is 0 Å². The van der Waals surface area contributed by atoms with E-state index < -0.39 is 0 Å². The molecule has 25 heavy (non-hydrogen) atoms. The van der Waals surface area contributed by atoms with Gasteiger partial charge >= 0.3 is 6.01 Å². The minimum absolute atomic E-state index is 0.0377. The van der Waals surface area contributed by atoms with Crippen LogP contribution in [0.5, 0.6) is 12.0 Å². The minimum atomic E-state index is 0.0377. The van der Waals surface area contributed by atoms with Gasteiger partial charge in [-0.15, -0.1) is 0 Å². The monoisotopic (exact) mass is 349 g/mol. The lowest BCUT2D eigenvalue weighted by atomic mass is 10.1. The number of methoxy groups -OCH3 is 1. The molecule has 0 spiro atoms. The summed E-state index contributed by atoms with van der Waals surface area (Å²) in [5, 5.41) is 0. The van der Waals surface area contributed by atoms with Crippen molar-refractivity contribution in [3.05, 3.63) is 0 Å². The van der Waals surface area contributed by atoms with E-state index in [1.807, 2.05) is 11.5 Å². The molecule has 1 aliphatic rings. The van der Waals surface area contributed by atoms with Gasteiger partial charge in [0, 0.05) is 19.8 Å². The lowest BCUT2D eigenvalue weighted by Crippen LogP contribution is -2.14.